The van der Waals surface area contributed by atoms with Gasteiger partial charge in [-0.1, -0.05) is 32.0 Å². The van der Waals surface area contributed by atoms with Crippen molar-refractivity contribution in [1.82, 2.24) is 14.5 Å². The molecular formula is C26H33N3O5S2. The second-order valence-electron chi connectivity index (χ2n) is 9.45. The van der Waals surface area contributed by atoms with E-state index >= 15 is 0 Å². The molecule has 1 aliphatic rings. The molecule has 3 aromatic rings. The molecule has 0 spiro atoms. The summed E-state index contributed by atoms with van der Waals surface area (Å²) in [6.45, 7) is 5.94. The molecule has 0 radical (unpaired) electrons. The lowest BCUT2D eigenvalue weighted by molar-refractivity contribution is 0.0504. The van der Waals surface area contributed by atoms with Crippen molar-refractivity contribution in [2.45, 2.75) is 56.8 Å². The number of rotatable bonds is 11. The van der Waals surface area contributed by atoms with E-state index in [1.165, 1.54) is 11.3 Å². The van der Waals surface area contributed by atoms with Crippen LogP contribution in [0.15, 0.2) is 53.1 Å². The third-order valence-corrected chi connectivity index (χ3v) is 8.49. The number of methoxy groups -OCH3 is 1. The van der Waals surface area contributed by atoms with Crippen molar-refractivity contribution in [2.24, 2.45) is 5.92 Å². The van der Waals surface area contributed by atoms with E-state index in [0.29, 0.717) is 41.6 Å². The molecule has 1 aliphatic heterocycles. The molecule has 0 saturated carbocycles. The summed E-state index contributed by atoms with van der Waals surface area (Å²) in [5, 5.41) is 1.90. The SMILES string of the molecule is COc1cccc(CS(=O)(=O)c2ncc(CN(CC3CCCO3)C(=O)c3cccs3)n2CC(C)C)c1. The predicted molar refractivity (Wildman–Crippen MR) is 139 cm³/mol. The van der Waals surface area contributed by atoms with Crippen LogP contribution in [0.1, 0.15) is 47.6 Å². The summed E-state index contributed by atoms with van der Waals surface area (Å²) < 4.78 is 39.8. The second-order valence-corrected chi connectivity index (χ2v) is 12.3. The van der Waals surface area contributed by atoms with Crippen LogP contribution in [-0.2, 0) is 33.4 Å². The summed E-state index contributed by atoms with van der Waals surface area (Å²) in [4.78, 5) is 20.1. The van der Waals surface area contributed by atoms with Gasteiger partial charge in [-0.15, -0.1) is 11.3 Å². The van der Waals surface area contributed by atoms with Crippen molar-refractivity contribution in [3.8, 4) is 5.75 Å². The zero-order valence-corrected chi connectivity index (χ0v) is 22.6. The van der Waals surface area contributed by atoms with Crippen molar-refractivity contribution in [2.75, 3.05) is 20.3 Å². The van der Waals surface area contributed by atoms with E-state index in [1.807, 2.05) is 31.4 Å². The predicted octanol–water partition coefficient (Wildman–Crippen LogP) is 4.40. The fourth-order valence-electron chi connectivity index (χ4n) is 4.38. The first-order chi connectivity index (χ1) is 17.3. The van der Waals surface area contributed by atoms with Crippen LogP contribution in [0.2, 0.25) is 0 Å². The Morgan fingerprint density at radius 1 is 1.31 bits per heavy atom. The third-order valence-electron chi connectivity index (χ3n) is 6.04. The Labute approximate surface area is 216 Å². The highest BCUT2D eigenvalue weighted by Crippen LogP contribution is 2.24. The van der Waals surface area contributed by atoms with Gasteiger partial charge in [-0.3, -0.25) is 4.79 Å². The molecular weight excluding hydrogens is 498 g/mol. The van der Waals surface area contributed by atoms with Crippen molar-refractivity contribution in [1.29, 1.82) is 0 Å². The Hall–Kier alpha value is -2.69. The molecule has 1 unspecified atom stereocenters. The van der Waals surface area contributed by atoms with Gasteiger partial charge in [0, 0.05) is 19.7 Å². The van der Waals surface area contributed by atoms with Crippen LogP contribution in [0, 0.1) is 5.92 Å². The average Bonchev–Trinajstić information content (AvgIpc) is 3.61. The lowest BCUT2D eigenvalue weighted by Crippen LogP contribution is -2.37. The van der Waals surface area contributed by atoms with Gasteiger partial charge in [0.25, 0.3) is 5.91 Å². The Balaban J connectivity index is 1.64. The molecule has 2 aromatic heterocycles. The van der Waals surface area contributed by atoms with E-state index in [2.05, 4.69) is 4.98 Å². The van der Waals surface area contributed by atoms with E-state index in [9.17, 15) is 13.2 Å². The number of ether oxygens (including phenoxy) is 2. The zero-order chi connectivity index (χ0) is 25.7. The van der Waals surface area contributed by atoms with Gasteiger partial charge in [-0.2, -0.15) is 0 Å². The Morgan fingerprint density at radius 2 is 2.14 bits per heavy atom. The monoisotopic (exact) mass is 531 g/mol. The van der Waals surface area contributed by atoms with E-state index in [4.69, 9.17) is 9.47 Å². The smallest absolute Gasteiger partial charge is 0.264 e. The number of benzene rings is 1. The number of nitrogens with zero attached hydrogens (tertiary/aromatic N) is 3. The zero-order valence-electron chi connectivity index (χ0n) is 20.9. The normalized spacial score (nSPS) is 15.9. The summed E-state index contributed by atoms with van der Waals surface area (Å²) in [6, 6.07) is 10.7. The van der Waals surface area contributed by atoms with Gasteiger partial charge in [0.05, 0.1) is 42.3 Å². The highest BCUT2D eigenvalue weighted by Gasteiger charge is 2.28. The molecule has 1 saturated heterocycles. The highest BCUT2D eigenvalue weighted by atomic mass is 32.2. The van der Waals surface area contributed by atoms with Gasteiger partial charge in [0.2, 0.25) is 15.0 Å². The summed E-state index contributed by atoms with van der Waals surface area (Å²) >= 11 is 1.40. The van der Waals surface area contributed by atoms with Gasteiger partial charge in [0.1, 0.15) is 5.75 Å². The molecule has 1 aromatic carbocycles. The van der Waals surface area contributed by atoms with Crippen molar-refractivity contribution < 1.29 is 22.7 Å². The summed E-state index contributed by atoms with van der Waals surface area (Å²) in [5.74, 6) is 0.514. The molecule has 0 aliphatic carbocycles. The van der Waals surface area contributed by atoms with Crippen LogP contribution < -0.4 is 4.74 Å². The summed E-state index contributed by atoms with van der Waals surface area (Å²) in [5.41, 5.74) is 1.32. The number of thiophene rings is 1. The number of carbonyl (C=O) groups excluding carboxylic acids is 1. The molecule has 4 rings (SSSR count). The van der Waals surface area contributed by atoms with Crippen LogP contribution in [0.4, 0.5) is 0 Å². The Kier molecular flexibility index (Phi) is 8.48. The van der Waals surface area contributed by atoms with Gasteiger partial charge >= 0.3 is 0 Å². The lowest BCUT2D eigenvalue weighted by Gasteiger charge is -2.26. The summed E-state index contributed by atoms with van der Waals surface area (Å²) in [7, 11) is -2.19. The van der Waals surface area contributed by atoms with Gasteiger partial charge in [-0.05, 0) is 47.9 Å². The van der Waals surface area contributed by atoms with Gasteiger partial charge in [-0.25, -0.2) is 13.4 Å². The molecule has 10 heteroatoms. The van der Waals surface area contributed by atoms with Gasteiger partial charge in [0.15, 0.2) is 0 Å². The van der Waals surface area contributed by atoms with E-state index in [0.717, 1.165) is 12.8 Å². The van der Waals surface area contributed by atoms with Crippen molar-refractivity contribution in [3.05, 3.63) is 64.1 Å². The molecule has 36 heavy (non-hydrogen) atoms. The molecule has 8 nitrogen and oxygen atoms in total. The van der Waals surface area contributed by atoms with Crippen molar-refractivity contribution >= 4 is 27.1 Å². The Morgan fingerprint density at radius 3 is 2.81 bits per heavy atom. The maximum absolute atomic E-state index is 13.5. The fourth-order valence-corrected chi connectivity index (χ4v) is 6.56. The molecule has 0 bridgehead atoms. The minimum atomic E-state index is -3.75. The first-order valence-electron chi connectivity index (χ1n) is 12.1. The average molecular weight is 532 g/mol. The number of carbonyl (C=O) groups is 1. The quantitative estimate of drug-likeness (QED) is 0.364. The Bertz CT molecular complexity index is 1260. The molecule has 194 valence electrons. The maximum Gasteiger partial charge on any atom is 0.264 e. The number of amides is 1. The molecule has 1 fully saturated rings. The van der Waals surface area contributed by atoms with E-state index in [-0.39, 0.29) is 35.4 Å². The van der Waals surface area contributed by atoms with Crippen molar-refractivity contribution in [3.63, 3.8) is 0 Å². The van der Waals surface area contributed by atoms with Crippen LogP contribution >= 0.6 is 11.3 Å². The number of imidazole rings is 1. The minimum Gasteiger partial charge on any atom is -0.497 e. The van der Waals surface area contributed by atoms with Crippen LogP contribution in [0.5, 0.6) is 5.75 Å². The molecule has 0 N–H and O–H groups in total. The van der Waals surface area contributed by atoms with E-state index in [1.54, 1.807) is 47.0 Å². The minimum absolute atomic E-state index is 0.0216. The lowest BCUT2D eigenvalue weighted by atomic mass is 10.2. The largest absolute Gasteiger partial charge is 0.497 e. The highest BCUT2D eigenvalue weighted by molar-refractivity contribution is 7.90. The first kappa shape index (κ1) is 26.4. The molecule has 1 atom stereocenters. The van der Waals surface area contributed by atoms with Crippen LogP contribution in [0.3, 0.4) is 0 Å². The van der Waals surface area contributed by atoms with Gasteiger partial charge < -0.3 is 18.9 Å². The summed E-state index contributed by atoms with van der Waals surface area (Å²) in [6.07, 6.45) is 3.44. The van der Waals surface area contributed by atoms with E-state index < -0.39 is 9.84 Å². The standard InChI is InChI=1S/C26H33N3O5S2/c1-19(2)15-29-21(14-27-26(29)36(31,32)18-20-7-4-8-22(13-20)33-3)16-28(17-23-9-5-11-34-23)25(30)24-10-6-12-35-24/h4,6-8,10,12-14,19,23H,5,9,11,15-18H2,1-3H3. The third kappa shape index (κ3) is 6.35. The number of sulfone groups is 1. The topological polar surface area (TPSA) is 90.7 Å². The number of hydrogen-bond acceptors (Lipinski definition) is 7. The van der Waals surface area contributed by atoms with Crippen LogP contribution in [0.25, 0.3) is 0 Å². The number of aromatic nitrogens is 2. The number of hydrogen-bond donors (Lipinski definition) is 0. The first-order valence-corrected chi connectivity index (χ1v) is 14.6. The fraction of sp³-hybridized carbons (Fsp3) is 0.462. The van der Waals surface area contributed by atoms with Crippen LogP contribution in [-0.4, -0.2) is 55.1 Å². The molecule has 1 amide bonds. The molecule has 3 heterocycles. The maximum atomic E-state index is 13.5. The second kappa shape index (κ2) is 11.6.